The Morgan fingerprint density at radius 2 is 2.33 bits per heavy atom. The number of hydrogen-bond donors (Lipinski definition) is 1. The SMILES string of the molecule is COC[C@@H](C)Oc1c(N)cc(C#N)n1C. The largest absolute Gasteiger partial charge is 0.472 e. The standard InChI is InChI=1S/C10H15N3O2/c1-7(6-14-3)15-10-9(12)4-8(5-11)13(10)2/h4,7H,6,12H2,1-3H3/t7-/m1/s1. The van der Waals surface area contributed by atoms with E-state index in [0.29, 0.717) is 23.9 Å². The first-order chi connectivity index (χ1) is 7.10. The maximum absolute atomic E-state index is 8.79. The summed E-state index contributed by atoms with van der Waals surface area (Å²) in [7, 11) is 3.35. The van der Waals surface area contributed by atoms with Crippen LogP contribution in [0, 0.1) is 11.3 Å². The number of rotatable bonds is 4. The van der Waals surface area contributed by atoms with Gasteiger partial charge in [-0.25, -0.2) is 0 Å². The second-order valence-electron chi connectivity index (χ2n) is 3.34. The van der Waals surface area contributed by atoms with E-state index in [0.717, 1.165) is 0 Å². The van der Waals surface area contributed by atoms with Crippen LogP contribution < -0.4 is 10.5 Å². The Morgan fingerprint density at radius 1 is 1.67 bits per heavy atom. The van der Waals surface area contributed by atoms with Crippen molar-refractivity contribution in [2.75, 3.05) is 19.5 Å². The Bertz CT molecular complexity index is 379. The Hall–Kier alpha value is -1.67. The fourth-order valence-electron chi connectivity index (χ4n) is 1.32. The molecule has 0 unspecified atom stereocenters. The van der Waals surface area contributed by atoms with Crippen LogP contribution in [0.15, 0.2) is 6.07 Å². The average Bonchev–Trinajstić information content (AvgIpc) is 2.45. The van der Waals surface area contributed by atoms with E-state index in [4.69, 9.17) is 20.5 Å². The van der Waals surface area contributed by atoms with Gasteiger partial charge in [0.15, 0.2) is 0 Å². The fraction of sp³-hybridized carbons (Fsp3) is 0.500. The maximum Gasteiger partial charge on any atom is 0.218 e. The molecule has 0 aliphatic rings. The number of anilines is 1. The molecule has 0 saturated heterocycles. The van der Waals surface area contributed by atoms with Crippen LogP contribution in [0.5, 0.6) is 5.88 Å². The molecule has 0 aromatic carbocycles. The van der Waals surface area contributed by atoms with Gasteiger partial charge in [-0.15, -0.1) is 0 Å². The number of hydrogen-bond acceptors (Lipinski definition) is 4. The zero-order chi connectivity index (χ0) is 11.4. The minimum atomic E-state index is -0.0996. The van der Waals surface area contributed by atoms with Crippen molar-refractivity contribution in [2.45, 2.75) is 13.0 Å². The second-order valence-corrected chi connectivity index (χ2v) is 3.34. The molecular formula is C10H15N3O2. The molecule has 1 rings (SSSR count). The highest BCUT2D eigenvalue weighted by Gasteiger charge is 2.13. The zero-order valence-corrected chi connectivity index (χ0v) is 9.15. The van der Waals surface area contributed by atoms with Gasteiger partial charge in [0, 0.05) is 20.2 Å². The number of methoxy groups -OCH3 is 1. The smallest absolute Gasteiger partial charge is 0.218 e. The Kier molecular flexibility index (Phi) is 3.58. The zero-order valence-electron chi connectivity index (χ0n) is 9.15. The highest BCUT2D eigenvalue weighted by molar-refractivity contribution is 5.54. The van der Waals surface area contributed by atoms with Gasteiger partial charge in [-0.3, -0.25) is 0 Å². The minimum Gasteiger partial charge on any atom is -0.472 e. The Balaban J connectivity index is 2.86. The van der Waals surface area contributed by atoms with Gasteiger partial charge in [0.05, 0.1) is 12.3 Å². The van der Waals surface area contributed by atoms with Crippen LogP contribution >= 0.6 is 0 Å². The Labute approximate surface area is 89.0 Å². The number of nitrogens with zero attached hydrogens (tertiary/aromatic N) is 2. The van der Waals surface area contributed by atoms with Crippen LogP contribution in [0.2, 0.25) is 0 Å². The van der Waals surface area contributed by atoms with E-state index < -0.39 is 0 Å². The summed E-state index contributed by atoms with van der Waals surface area (Å²) >= 11 is 0. The van der Waals surface area contributed by atoms with Crippen LogP contribution in [0.4, 0.5) is 5.69 Å². The number of ether oxygens (including phenoxy) is 2. The predicted octanol–water partition coefficient (Wildman–Crippen LogP) is 0.893. The van der Waals surface area contributed by atoms with Crippen molar-refractivity contribution in [1.82, 2.24) is 4.57 Å². The first kappa shape index (κ1) is 11.4. The molecule has 1 atom stereocenters. The molecule has 0 aliphatic heterocycles. The number of nitriles is 1. The topological polar surface area (TPSA) is 73.2 Å². The van der Waals surface area contributed by atoms with Crippen molar-refractivity contribution in [1.29, 1.82) is 5.26 Å². The van der Waals surface area contributed by atoms with Crippen LogP contribution in [0.25, 0.3) is 0 Å². The highest BCUT2D eigenvalue weighted by atomic mass is 16.5. The molecule has 1 aromatic heterocycles. The molecule has 0 spiro atoms. The van der Waals surface area contributed by atoms with Gasteiger partial charge in [0.25, 0.3) is 0 Å². The summed E-state index contributed by atoms with van der Waals surface area (Å²) in [4.78, 5) is 0. The first-order valence-electron chi connectivity index (χ1n) is 4.61. The summed E-state index contributed by atoms with van der Waals surface area (Å²) in [5.74, 6) is 0.510. The summed E-state index contributed by atoms with van der Waals surface area (Å²) in [6, 6.07) is 3.63. The third-order valence-electron chi connectivity index (χ3n) is 2.03. The molecule has 0 aliphatic carbocycles. The lowest BCUT2D eigenvalue weighted by Crippen LogP contribution is -2.20. The van der Waals surface area contributed by atoms with Crippen LogP contribution in [-0.2, 0) is 11.8 Å². The second kappa shape index (κ2) is 4.71. The third-order valence-corrected chi connectivity index (χ3v) is 2.03. The first-order valence-corrected chi connectivity index (χ1v) is 4.61. The normalized spacial score (nSPS) is 12.1. The molecule has 0 bridgehead atoms. The van der Waals surface area contributed by atoms with E-state index in [-0.39, 0.29) is 6.10 Å². The monoisotopic (exact) mass is 209 g/mol. The van der Waals surface area contributed by atoms with E-state index in [9.17, 15) is 0 Å². The lowest BCUT2D eigenvalue weighted by atomic mass is 10.4. The molecule has 5 heteroatoms. The molecule has 5 nitrogen and oxygen atoms in total. The van der Waals surface area contributed by atoms with Crippen molar-refractivity contribution in [3.05, 3.63) is 11.8 Å². The lowest BCUT2D eigenvalue weighted by Gasteiger charge is -2.14. The van der Waals surface area contributed by atoms with E-state index in [1.807, 2.05) is 13.0 Å². The molecule has 2 N–H and O–H groups in total. The summed E-state index contributed by atoms with van der Waals surface area (Å²) in [5, 5.41) is 8.79. The van der Waals surface area contributed by atoms with Crippen LogP contribution in [-0.4, -0.2) is 24.4 Å². The van der Waals surface area contributed by atoms with Gasteiger partial charge in [-0.2, -0.15) is 5.26 Å². The number of nitrogens with two attached hydrogens (primary N) is 1. The van der Waals surface area contributed by atoms with Crippen molar-refractivity contribution in [2.24, 2.45) is 7.05 Å². The molecule has 0 saturated carbocycles. The van der Waals surface area contributed by atoms with Gasteiger partial charge < -0.3 is 19.8 Å². The molecule has 0 radical (unpaired) electrons. The van der Waals surface area contributed by atoms with Crippen molar-refractivity contribution < 1.29 is 9.47 Å². The van der Waals surface area contributed by atoms with Crippen molar-refractivity contribution >= 4 is 5.69 Å². The van der Waals surface area contributed by atoms with Gasteiger partial charge in [-0.1, -0.05) is 0 Å². The number of nitrogen functional groups attached to an aromatic ring is 1. The van der Waals surface area contributed by atoms with Crippen molar-refractivity contribution in [3.8, 4) is 11.9 Å². The summed E-state index contributed by atoms with van der Waals surface area (Å²) in [5.41, 5.74) is 6.67. The van der Waals surface area contributed by atoms with E-state index in [1.165, 1.54) is 0 Å². The summed E-state index contributed by atoms with van der Waals surface area (Å²) in [6.45, 7) is 2.36. The molecule has 1 heterocycles. The van der Waals surface area contributed by atoms with E-state index >= 15 is 0 Å². The average molecular weight is 209 g/mol. The highest BCUT2D eigenvalue weighted by Crippen LogP contribution is 2.25. The molecule has 0 amide bonds. The predicted molar refractivity (Wildman–Crippen MR) is 56.5 cm³/mol. The van der Waals surface area contributed by atoms with E-state index in [2.05, 4.69) is 0 Å². The van der Waals surface area contributed by atoms with Crippen molar-refractivity contribution in [3.63, 3.8) is 0 Å². The summed E-state index contributed by atoms with van der Waals surface area (Å²) < 4.78 is 12.1. The van der Waals surface area contributed by atoms with Gasteiger partial charge in [-0.05, 0) is 6.92 Å². The van der Waals surface area contributed by atoms with Gasteiger partial charge >= 0.3 is 0 Å². The lowest BCUT2D eigenvalue weighted by molar-refractivity contribution is 0.0873. The molecule has 0 fully saturated rings. The fourth-order valence-corrected chi connectivity index (χ4v) is 1.32. The van der Waals surface area contributed by atoms with Crippen LogP contribution in [0.1, 0.15) is 12.6 Å². The molecule has 82 valence electrons. The number of aromatic nitrogens is 1. The maximum atomic E-state index is 8.79. The van der Waals surface area contributed by atoms with Crippen LogP contribution in [0.3, 0.4) is 0 Å². The van der Waals surface area contributed by atoms with Gasteiger partial charge in [0.1, 0.15) is 17.9 Å². The Morgan fingerprint density at radius 3 is 2.80 bits per heavy atom. The molecular weight excluding hydrogens is 194 g/mol. The quantitative estimate of drug-likeness (QED) is 0.799. The molecule has 15 heavy (non-hydrogen) atoms. The minimum absolute atomic E-state index is 0.0996. The van der Waals surface area contributed by atoms with E-state index in [1.54, 1.807) is 24.8 Å². The summed E-state index contributed by atoms with van der Waals surface area (Å²) in [6.07, 6.45) is -0.0996. The third kappa shape index (κ3) is 2.42. The van der Waals surface area contributed by atoms with Gasteiger partial charge in [0.2, 0.25) is 5.88 Å². The molecule has 1 aromatic rings.